The Kier molecular flexibility index (Phi) is 14.3. The maximum atomic E-state index is 12.7. The van der Waals surface area contributed by atoms with Crippen molar-refractivity contribution in [2.45, 2.75) is 111 Å². The summed E-state index contributed by atoms with van der Waals surface area (Å²) in [5, 5.41) is 19.1. The standard InChI is InChI=1S/C13H22N4O.C12H12N2OS.C9H16BN/c1-10-6-5-8-16(10)12(18)11(13(2,3)4)17-9-7-14-15-17;1-9-12(16-8-14-9)11-4-2-10(3-5-11)6-13-7-15;1-2-3-9-4-6-10(8-11)7-5-9/h7,9-11H,5-6,8H2,1-4H3;2-5,7-8H,6H2,1H3,(H,13,15);9H,2-7H2,1H3. The zero-order valence-corrected chi connectivity index (χ0v) is 28.7. The van der Waals surface area contributed by atoms with Crippen LogP contribution in [0.15, 0.2) is 42.2 Å². The number of amides is 2. The van der Waals surface area contributed by atoms with Crippen LogP contribution in [0.5, 0.6) is 0 Å². The smallest absolute Gasteiger partial charge is 0.267 e. The lowest BCUT2D eigenvalue weighted by Gasteiger charge is -2.34. The van der Waals surface area contributed by atoms with Crippen molar-refractivity contribution in [1.82, 2.24) is 30.2 Å². The number of nitrogens with one attached hydrogen (secondary N) is 1. The van der Waals surface area contributed by atoms with E-state index in [0.29, 0.717) is 25.7 Å². The molecule has 4 heterocycles. The van der Waals surface area contributed by atoms with Crippen molar-refractivity contribution in [3.63, 3.8) is 0 Å². The fraction of sp³-hybridized carbons (Fsp3) is 0.588. The van der Waals surface area contributed by atoms with E-state index in [1.54, 1.807) is 28.4 Å². The van der Waals surface area contributed by atoms with E-state index in [1.165, 1.54) is 36.1 Å². The van der Waals surface area contributed by atoms with Crippen LogP contribution in [0.25, 0.3) is 10.4 Å². The van der Waals surface area contributed by atoms with Crippen molar-refractivity contribution in [3.8, 4) is 16.4 Å². The van der Waals surface area contributed by atoms with Gasteiger partial charge in [0.2, 0.25) is 12.3 Å². The van der Waals surface area contributed by atoms with Gasteiger partial charge in [0.25, 0.3) is 6.71 Å². The van der Waals surface area contributed by atoms with Crippen LogP contribution >= 0.6 is 11.3 Å². The molecule has 11 heteroatoms. The van der Waals surface area contributed by atoms with Crippen molar-refractivity contribution in [2.75, 3.05) is 6.54 Å². The van der Waals surface area contributed by atoms with Crippen LogP contribution in [0, 0.1) is 29.5 Å². The van der Waals surface area contributed by atoms with Gasteiger partial charge in [0.15, 0.2) is 0 Å². The van der Waals surface area contributed by atoms with Crippen LogP contribution in [0.3, 0.4) is 0 Å². The Balaban J connectivity index is 0.000000190. The molecule has 2 amide bonds. The number of nitrogens with zero attached hydrogens (tertiary/aromatic N) is 6. The van der Waals surface area contributed by atoms with E-state index >= 15 is 0 Å². The molecule has 0 saturated carbocycles. The summed E-state index contributed by atoms with van der Waals surface area (Å²) in [6, 6.07) is 8.21. The Bertz CT molecular complexity index is 1340. The van der Waals surface area contributed by atoms with Crippen molar-refractivity contribution >= 4 is 30.4 Å². The minimum Gasteiger partial charge on any atom is -0.355 e. The average molecular weight is 632 g/mol. The number of hydrogen-bond donors (Lipinski definition) is 1. The van der Waals surface area contributed by atoms with Crippen molar-refractivity contribution in [2.24, 2.45) is 11.3 Å². The molecule has 2 aromatic heterocycles. The third-order valence-corrected chi connectivity index (χ3v) is 9.65. The first-order chi connectivity index (χ1) is 21.6. The molecule has 2 aliphatic heterocycles. The minimum absolute atomic E-state index is 0.165. The summed E-state index contributed by atoms with van der Waals surface area (Å²) in [5.74, 6) is 3.47. The minimum atomic E-state index is -0.277. The number of thiazole rings is 1. The van der Waals surface area contributed by atoms with Gasteiger partial charge in [-0.3, -0.25) is 9.59 Å². The summed E-state index contributed by atoms with van der Waals surface area (Å²) in [6.45, 7) is 14.4. The number of aryl methyl sites for hydroxylation is 1. The highest BCUT2D eigenvalue weighted by Crippen LogP contribution is 2.34. The fourth-order valence-corrected chi connectivity index (χ4v) is 6.97. The molecule has 5 rings (SSSR count). The fourth-order valence-electron chi connectivity index (χ4n) is 6.15. The molecule has 0 aliphatic carbocycles. The predicted molar refractivity (Wildman–Crippen MR) is 183 cm³/mol. The number of carbonyl (C=O) groups is 2. The third kappa shape index (κ3) is 10.8. The van der Waals surface area contributed by atoms with E-state index in [0.717, 1.165) is 49.2 Å². The molecule has 2 fully saturated rings. The Labute approximate surface area is 273 Å². The first kappa shape index (κ1) is 36.0. The monoisotopic (exact) mass is 631 g/mol. The van der Waals surface area contributed by atoms with Gasteiger partial charge in [0.1, 0.15) is 6.04 Å². The Morgan fingerprint density at radius 3 is 2.42 bits per heavy atom. The van der Waals surface area contributed by atoms with E-state index in [4.69, 9.17) is 5.26 Å². The van der Waals surface area contributed by atoms with E-state index < -0.39 is 0 Å². The van der Waals surface area contributed by atoms with Gasteiger partial charge in [-0.1, -0.05) is 95.5 Å². The highest BCUT2D eigenvalue weighted by molar-refractivity contribution is 7.13. The zero-order valence-electron chi connectivity index (χ0n) is 27.9. The van der Waals surface area contributed by atoms with Gasteiger partial charge in [0, 0.05) is 31.3 Å². The van der Waals surface area contributed by atoms with Crippen molar-refractivity contribution in [3.05, 3.63) is 53.4 Å². The molecular formula is C34H50BN7O2S. The second kappa shape index (κ2) is 17.8. The Morgan fingerprint density at radius 1 is 1.22 bits per heavy atom. The van der Waals surface area contributed by atoms with Gasteiger partial charge in [-0.25, -0.2) is 14.9 Å². The number of hydrogen-bond acceptors (Lipinski definition) is 7. The lowest BCUT2D eigenvalue weighted by atomic mass is 9.41. The van der Waals surface area contributed by atoms with Gasteiger partial charge >= 0.3 is 0 Å². The number of nitriles is 1. The third-order valence-electron chi connectivity index (χ3n) is 8.67. The molecule has 0 spiro atoms. The molecule has 1 N–H and O–H groups in total. The maximum Gasteiger partial charge on any atom is 0.267 e. The van der Waals surface area contributed by atoms with Crippen LogP contribution in [0.1, 0.15) is 90.4 Å². The first-order valence-electron chi connectivity index (χ1n) is 16.3. The number of rotatable bonds is 8. The molecule has 242 valence electrons. The first-order valence-corrected chi connectivity index (χ1v) is 17.2. The van der Waals surface area contributed by atoms with Gasteiger partial charge in [0.05, 0.1) is 22.3 Å². The molecular weight excluding hydrogens is 581 g/mol. The van der Waals surface area contributed by atoms with Crippen LogP contribution in [-0.4, -0.2) is 56.5 Å². The number of carbonyl (C=O) groups excluding carboxylic acids is 2. The van der Waals surface area contributed by atoms with E-state index in [2.05, 4.69) is 73.3 Å². The summed E-state index contributed by atoms with van der Waals surface area (Å²) in [6.07, 6.45) is 13.9. The van der Waals surface area contributed by atoms with Gasteiger partial charge < -0.3 is 10.2 Å². The summed E-state index contributed by atoms with van der Waals surface area (Å²) in [7, 11) is 0. The molecule has 2 saturated heterocycles. The molecule has 0 radical (unpaired) electrons. The highest BCUT2D eigenvalue weighted by Gasteiger charge is 2.39. The number of benzene rings is 1. The topological polar surface area (TPSA) is 117 Å². The Hall–Kier alpha value is -3.52. The van der Waals surface area contributed by atoms with Crippen LogP contribution in [-0.2, 0) is 16.1 Å². The van der Waals surface area contributed by atoms with Crippen LogP contribution in [0.4, 0.5) is 0 Å². The van der Waals surface area contributed by atoms with E-state index in [1.807, 2.05) is 29.5 Å². The molecule has 9 nitrogen and oxygen atoms in total. The number of aromatic nitrogens is 4. The second-order valence-corrected chi connectivity index (χ2v) is 14.1. The average Bonchev–Trinajstić information content (AvgIpc) is 3.80. The molecule has 2 atom stereocenters. The summed E-state index contributed by atoms with van der Waals surface area (Å²) >= 11 is 1.64. The summed E-state index contributed by atoms with van der Waals surface area (Å²) < 4.78 is 1.69. The lowest BCUT2D eigenvalue weighted by Crippen LogP contribution is -2.44. The quantitative estimate of drug-likeness (QED) is 0.212. The van der Waals surface area contributed by atoms with E-state index in [-0.39, 0.29) is 17.4 Å². The molecule has 0 bridgehead atoms. The van der Waals surface area contributed by atoms with Gasteiger partial charge in [-0.15, -0.1) is 16.4 Å². The van der Waals surface area contributed by atoms with Crippen molar-refractivity contribution in [1.29, 1.82) is 5.26 Å². The van der Waals surface area contributed by atoms with Gasteiger partial charge in [-0.2, -0.15) is 0 Å². The normalized spacial score (nSPS) is 17.3. The Morgan fingerprint density at radius 2 is 1.93 bits per heavy atom. The molecule has 45 heavy (non-hydrogen) atoms. The zero-order chi connectivity index (χ0) is 32.8. The summed E-state index contributed by atoms with van der Waals surface area (Å²) in [4.78, 5) is 30.3. The second-order valence-electron chi connectivity index (χ2n) is 13.3. The van der Waals surface area contributed by atoms with Gasteiger partial charge in [-0.05, 0) is 49.1 Å². The molecule has 2 unspecified atom stereocenters. The molecule has 3 aromatic rings. The SMILES string of the molecule is CC1CCCN1C(=O)C(n1ccnn1)C(C)(C)C.CCCC1CCB(C#N)CC1.Cc1ncsc1-c1ccc(CNC=O)cc1. The molecule has 2 aliphatic rings. The largest absolute Gasteiger partial charge is 0.355 e. The van der Waals surface area contributed by atoms with Crippen molar-refractivity contribution < 1.29 is 9.59 Å². The van der Waals surface area contributed by atoms with E-state index in [9.17, 15) is 9.59 Å². The lowest BCUT2D eigenvalue weighted by molar-refractivity contribution is -0.139. The maximum absolute atomic E-state index is 12.7. The predicted octanol–water partition coefficient (Wildman–Crippen LogP) is 6.99. The molecule has 1 aromatic carbocycles. The van der Waals surface area contributed by atoms with Crippen LogP contribution < -0.4 is 5.32 Å². The highest BCUT2D eigenvalue weighted by atomic mass is 32.1. The number of likely N-dealkylation sites (tertiary alicyclic amines) is 1. The summed E-state index contributed by atoms with van der Waals surface area (Å²) in [5.41, 5.74) is 5.01. The van der Waals surface area contributed by atoms with Crippen LogP contribution in [0.2, 0.25) is 12.6 Å².